The first-order valence-electron chi connectivity index (χ1n) is 19.0. The van der Waals surface area contributed by atoms with Crippen LogP contribution in [0, 0.1) is 0 Å². The minimum atomic E-state index is -0.0801. The highest BCUT2D eigenvalue weighted by atomic mass is 31.1. The maximum atomic E-state index is 5.64. The average Bonchev–Trinajstić information content (AvgIpc) is 3.34. The third kappa shape index (κ3) is 6.36. The molecule has 262 valence electrons. The maximum absolute atomic E-state index is 5.64. The second-order valence-electron chi connectivity index (χ2n) is 15.0. The van der Waals surface area contributed by atoms with Crippen molar-refractivity contribution in [2.75, 3.05) is 6.66 Å². The Hall–Kier alpha value is -5.69. The van der Waals surface area contributed by atoms with Gasteiger partial charge in [-0.05, 0) is 97.3 Å². The highest BCUT2D eigenvalue weighted by Gasteiger charge is 2.36. The lowest BCUT2D eigenvalue weighted by atomic mass is 9.81. The zero-order chi connectivity index (χ0) is 36.6. The summed E-state index contributed by atoms with van der Waals surface area (Å²) in [4.78, 5) is 10.3. The standard InChI is InChI=1S/C51H43N2P/c1-51(2)47-30-41(22-25-43(47)44-26-24-42(54-3)32-48(44)51)46-33-52-29-28-45(46)49-27-23-40(38-16-14-36(15-17-38)34-10-6-4-7-11-34)31-50(53-49)39-20-18-37(19-21-39)35-12-8-5-9-13-35/h4-26,28-30,32-33,50,54H,27,31H2,1-3H3. The van der Waals surface area contributed by atoms with E-state index in [1.165, 1.54) is 72.1 Å². The van der Waals surface area contributed by atoms with Crippen molar-refractivity contribution in [3.8, 4) is 44.5 Å². The van der Waals surface area contributed by atoms with Crippen LogP contribution >= 0.6 is 8.58 Å². The molecule has 1 aliphatic carbocycles. The van der Waals surface area contributed by atoms with Crippen molar-refractivity contribution in [2.24, 2.45) is 4.99 Å². The molecule has 0 N–H and O–H groups in total. The highest BCUT2D eigenvalue weighted by molar-refractivity contribution is 7.46. The smallest absolute Gasteiger partial charge is 0.0793 e. The van der Waals surface area contributed by atoms with Gasteiger partial charge < -0.3 is 0 Å². The molecule has 2 heterocycles. The van der Waals surface area contributed by atoms with Crippen LogP contribution in [0.5, 0.6) is 0 Å². The molecule has 0 bridgehead atoms. The lowest BCUT2D eigenvalue weighted by Gasteiger charge is -2.23. The van der Waals surface area contributed by atoms with Crippen molar-refractivity contribution in [1.82, 2.24) is 4.98 Å². The van der Waals surface area contributed by atoms with Crippen LogP contribution in [0.3, 0.4) is 0 Å². The van der Waals surface area contributed by atoms with E-state index in [2.05, 4.69) is 183 Å². The van der Waals surface area contributed by atoms with E-state index >= 15 is 0 Å². The predicted molar refractivity (Wildman–Crippen MR) is 231 cm³/mol. The van der Waals surface area contributed by atoms with Crippen LogP contribution in [0.25, 0.3) is 50.1 Å². The molecule has 9 rings (SSSR count). The minimum absolute atomic E-state index is 0.0321. The number of pyridine rings is 1. The van der Waals surface area contributed by atoms with Gasteiger partial charge >= 0.3 is 0 Å². The maximum Gasteiger partial charge on any atom is 0.0793 e. The van der Waals surface area contributed by atoms with E-state index in [0.717, 1.165) is 38.3 Å². The highest BCUT2D eigenvalue weighted by Crippen LogP contribution is 2.50. The number of fused-ring (bicyclic) bond motifs is 3. The van der Waals surface area contributed by atoms with Crippen molar-refractivity contribution in [2.45, 2.75) is 38.1 Å². The number of aliphatic imine (C=N–C) groups is 1. The second kappa shape index (κ2) is 14.3. The Balaban J connectivity index is 1.11. The topological polar surface area (TPSA) is 25.2 Å². The quantitative estimate of drug-likeness (QED) is 0.151. The zero-order valence-electron chi connectivity index (χ0n) is 31.1. The molecule has 6 aromatic carbocycles. The first-order valence-corrected chi connectivity index (χ1v) is 20.5. The van der Waals surface area contributed by atoms with Crippen molar-refractivity contribution in [3.63, 3.8) is 0 Å². The van der Waals surface area contributed by atoms with Gasteiger partial charge in [-0.1, -0.05) is 168 Å². The molecule has 2 unspecified atom stereocenters. The van der Waals surface area contributed by atoms with Gasteiger partial charge in [-0.25, -0.2) is 0 Å². The third-order valence-corrected chi connectivity index (χ3v) is 12.3. The van der Waals surface area contributed by atoms with Gasteiger partial charge in [0.15, 0.2) is 0 Å². The summed E-state index contributed by atoms with van der Waals surface area (Å²) in [7, 11) is 0.787. The molecule has 2 aliphatic rings. The first kappa shape index (κ1) is 34.1. The molecule has 54 heavy (non-hydrogen) atoms. The molecular weight excluding hydrogens is 672 g/mol. The molecule has 3 heteroatoms. The second-order valence-corrected chi connectivity index (χ2v) is 16.1. The van der Waals surface area contributed by atoms with Crippen molar-refractivity contribution < 1.29 is 0 Å². The van der Waals surface area contributed by atoms with Crippen molar-refractivity contribution in [1.29, 1.82) is 0 Å². The van der Waals surface area contributed by atoms with Gasteiger partial charge in [0.2, 0.25) is 0 Å². The average molecular weight is 715 g/mol. The van der Waals surface area contributed by atoms with Crippen molar-refractivity contribution >= 4 is 25.2 Å². The van der Waals surface area contributed by atoms with Gasteiger partial charge in [0, 0.05) is 41.1 Å². The summed E-state index contributed by atoms with van der Waals surface area (Å²) in [6, 6.07) is 55.5. The normalized spacial score (nSPS) is 16.0. The molecule has 2 atom stereocenters. The summed E-state index contributed by atoms with van der Waals surface area (Å²) in [5.41, 5.74) is 18.7. The number of allylic oxidation sites excluding steroid dienone is 1. The zero-order valence-corrected chi connectivity index (χ0v) is 32.1. The van der Waals surface area contributed by atoms with Crippen LogP contribution in [0.4, 0.5) is 0 Å². The van der Waals surface area contributed by atoms with E-state index in [1.54, 1.807) is 0 Å². The number of hydrogen-bond donors (Lipinski definition) is 0. The summed E-state index contributed by atoms with van der Waals surface area (Å²) < 4.78 is 0. The Labute approximate surface area is 321 Å². The molecule has 7 aromatic rings. The van der Waals surface area contributed by atoms with E-state index in [9.17, 15) is 0 Å². The van der Waals surface area contributed by atoms with E-state index in [1.807, 2.05) is 12.4 Å². The summed E-state index contributed by atoms with van der Waals surface area (Å²) in [6.45, 7) is 7.00. The molecular formula is C51H43N2P. The van der Waals surface area contributed by atoms with Crippen molar-refractivity contribution in [3.05, 3.63) is 198 Å². The molecule has 0 saturated heterocycles. The molecule has 1 aromatic heterocycles. The molecule has 0 spiro atoms. The molecule has 0 amide bonds. The Bertz CT molecular complexity index is 2530. The van der Waals surface area contributed by atoms with Crippen LogP contribution in [0.2, 0.25) is 0 Å². The van der Waals surface area contributed by atoms with Gasteiger partial charge in [-0.15, -0.1) is 0 Å². The summed E-state index contributed by atoms with van der Waals surface area (Å²) in [6.07, 6.45) is 7.93. The number of benzene rings is 6. The summed E-state index contributed by atoms with van der Waals surface area (Å²) in [5, 5.41) is 1.42. The molecule has 0 radical (unpaired) electrons. The Morgan fingerprint density at radius 1 is 0.556 bits per heavy atom. The Morgan fingerprint density at radius 3 is 1.80 bits per heavy atom. The van der Waals surface area contributed by atoms with Gasteiger partial charge in [0.1, 0.15) is 0 Å². The lowest BCUT2D eigenvalue weighted by Crippen LogP contribution is -2.16. The predicted octanol–water partition coefficient (Wildman–Crippen LogP) is 12.7. The largest absolute Gasteiger partial charge is 0.280 e. The number of aromatic nitrogens is 1. The fraction of sp³-hybridized carbons (Fsp3) is 0.137. The third-order valence-electron chi connectivity index (χ3n) is 11.4. The SMILES string of the molecule is CPc1ccc2c(c1)C(C)(C)c1cc(-c3cnccc3C3=NC(c4ccc(-c5ccccc5)cc4)CC(c4ccc(-c5ccccc5)cc4)=CC3)ccc1-2. The van der Waals surface area contributed by atoms with Gasteiger partial charge in [0.05, 0.1) is 6.04 Å². The van der Waals surface area contributed by atoms with Crippen LogP contribution in [-0.2, 0) is 5.41 Å². The Morgan fingerprint density at radius 2 is 1.13 bits per heavy atom. The van der Waals surface area contributed by atoms with E-state index in [-0.39, 0.29) is 11.5 Å². The monoisotopic (exact) mass is 714 g/mol. The number of hydrogen-bond acceptors (Lipinski definition) is 2. The van der Waals surface area contributed by atoms with Crippen LogP contribution < -0.4 is 5.30 Å². The van der Waals surface area contributed by atoms with E-state index in [0.29, 0.717) is 0 Å². The van der Waals surface area contributed by atoms with Gasteiger partial charge in [0.25, 0.3) is 0 Å². The summed E-state index contributed by atoms with van der Waals surface area (Å²) in [5.74, 6) is 0. The molecule has 1 aliphatic heterocycles. The molecule has 0 saturated carbocycles. The number of rotatable bonds is 7. The Kier molecular flexibility index (Phi) is 9.01. The number of nitrogens with zero attached hydrogens (tertiary/aromatic N) is 2. The van der Waals surface area contributed by atoms with Gasteiger partial charge in [-0.2, -0.15) is 0 Å². The lowest BCUT2D eigenvalue weighted by molar-refractivity contribution is 0.661. The van der Waals surface area contributed by atoms with E-state index in [4.69, 9.17) is 4.99 Å². The molecule has 2 nitrogen and oxygen atoms in total. The minimum Gasteiger partial charge on any atom is -0.280 e. The fourth-order valence-corrected chi connectivity index (χ4v) is 8.92. The van der Waals surface area contributed by atoms with Crippen LogP contribution in [0.1, 0.15) is 60.5 Å². The summed E-state index contributed by atoms with van der Waals surface area (Å²) >= 11 is 0. The molecule has 0 fully saturated rings. The fourth-order valence-electron chi connectivity index (χ4n) is 8.38. The first-order chi connectivity index (χ1) is 26.5. The van der Waals surface area contributed by atoms with Crippen LogP contribution in [-0.4, -0.2) is 17.4 Å². The van der Waals surface area contributed by atoms with Gasteiger partial charge in [-0.3, -0.25) is 9.98 Å². The van der Waals surface area contributed by atoms with E-state index < -0.39 is 0 Å². The van der Waals surface area contributed by atoms with Crippen LogP contribution in [0.15, 0.2) is 175 Å².